The number of hydrogen-bond acceptors (Lipinski definition) is 4. The normalized spacial score (nSPS) is 10.5. The predicted molar refractivity (Wildman–Crippen MR) is 74.8 cm³/mol. The maximum Gasteiger partial charge on any atom is 0.339 e. The summed E-state index contributed by atoms with van der Waals surface area (Å²) in [6.45, 7) is 0. The van der Waals surface area contributed by atoms with Crippen LogP contribution in [0.1, 0.15) is 10.4 Å². The van der Waals surface area contributed by atoms with Gasteiger partial charge in [-0.3, -0.25) is 0 Å². The highest BCUT2D eigenvalue weighted by atomic mass is 16.5. The van der Waals surface area contributed by atoms with Crippen LogP contribution in [0, 0.1) is 0 Å². The van der Waals surface area contributed by atoms with Crippen molar-refractivity contribution in [3.8, 4) is 22.9 Å². The van der Waals surface area contributed by atoms with Crippen molar-refractivity contribution in [2.45, 2.75) is 0 Å². The minimum atomic E-state index is -1.05. The number of nitrogens with zero attached hydrogens (tertiary/aromatic N) is 2. The van der Waals surface area contributed by atoms with E-state index in [-0.39, 0.29) is 5.56 Å². The van der Waals surface area contributed by atoms with Gasteiger partial charge in [0.05, 0.1) is 19.1 Å². The number of benzene rings is 1. The number of aromatic carboxylic acids is 1. The Morgan fingerprint density at radius 3 is 2.62 bits per heavy atom. The fraction of sp³-hybridized carbons (Fsp3) is 0.0667. The molecular formula is C15H12N2O4. The summed E-state index contributed by atoms with van der Waals surface area (Å²) in [5.74, 6) is 0.0800. The van der Waals surface area contributed by atoms with Crippen LogP contribution in [0.5, 0.6) is 5.75 Å². The predicted octanol–water partition coefficient (Wildman–Crippen LogP) is 2.84. The highest BCUT2D eigenvalue weighted by Gasteiger charge is 2.19. The second-order valence-electron chi connectivity index (χ2n) is 4.32. The lowest BCUT2D eigenvalue weighted by Gasteiger charge is -2.02. The zero-order chi connectivity index (χ0) is 14.8. The number of ether oxygens (including phenoxy) is 1. The molecule has 0 atom stereocenters. The molecule has 0 aliphatic rings. The lowest BCUT2D eigenvalue weighted by Crippen LogP contribution is -1.96. The Bertz CT molecular complexity index is 758. The van der Waals surface area contributed by atoms with E-state index < -0.39 is 5.97 Å². The number of carboxylic acids is 1. The maximum atomic E-state index is 11.3. The molecule has 106 valence electrons. The number of furan rings is 1. The van der Waals surface area contributed by atoms with Crippen molar-refractivity contribution in [2.75, 3.05) is 7.11 Å². The smallest absolute Gasteiger partial charge is 0.339 e. The van der Waals surface area contributed by atoms with E-state index in [0.717, 1.165) is 11.4 Å². The Hall–Kier alpha value is -3.02. The number of rotatable bonds is 4. The fourth-order valence-corrected chi connectivity index (χ4v) is 1.99. The standard InChI is InChI=1S/C15H12N2O4/c1-20-11-6-4-10(5-7-11)17-9-12(15(18)19)14(16-17)13-3-2-8-21-13/h2-9H,1H3,(H,18,19). The van der Waals surface area contributed by atoms with Gasteiger partial charge in [0, 0.05) is 6.20 Å². The first-order valence-electron chi connectivity index (χ1n) is 6.20. The van der Waals surface area contributed by atoms with E-state index >= 15 is 0 Å². The third-order valence-electron chi connectivity index (χ3n) is 3.04. The Morgan fingerprint density at radius 1 is 1.29 bits per heavy atom. The van der Waals surface area contributed by atoms with Crippen LogP contribution in [0.25, 0.3) is 17.1 Å². The molecule has 1 N–H and O–H groups in total. The zero-order valence-corrected chi connectivity index (χ0v) is 11.2. The van der Waals surface area contributed by atoms with Gasteiger partial charge in [-0.2, -0.15) is 5.10 Å². The molecule has 0 saturated carbocycles. The molecule has 6 nitrogen and oxygen atoms in total. The van der Waals surface area contributed by atoms with E-state index in [1.165, 1.54) is 17.1 Å². The van der Waals surface area contributed by atoms with Gasteiger partial charge in [-0.25, -0.2) is 9.48 Å². The van der Waals surface area contributed by atoms with Gasteiger partial charge < -0.3 is 14.3 Å². The van der Waals surface area contributed by atoms with Gasteiger partial charge in [-0.05, 0) is 36.4 Å². The van der Waals surface area contributed by atoms with Crippen LogP contribution in [0.4, 0.5) is 0 Å². The highest BCUT2D eigenvalue weighted by molar-refractivity contribution is 5.94. The van der Waals surface area contributed by atoms with E-state index in [2.05, 4.69) is 5.10 Å². The van der Waals surface area contributed by atoms with Crippen molar-refractivity contribution in [2.24, 2.45) is 0 Å². The third kappa shape index (κ3) is 2.38. The van der Waals surface area contributed by atoms with Gasteiger partial charge in [0.1, 0.15) is 17.0 Å². The summed E-state index contributed by atoms with van der Waals surface area (Å²) in [5.41, 5.74) is 1.11. The molecule has 0 aliphatic carbocycles. The molecule has 2 aromatic heterocycles. The van der Waals surface area contributed by atoms with Crippen molar-refractivity contribution in [3.05, 3.63) is 54.4 Å². The minimum absolute atomic E-state index is 0.0840. The van der Waals surface area contributed by atoms with Crippen molar-refractivity contribution in [1.82, 2.24) is 9.78 Å². The summed E-state index contributed by atoms with van der Waals surface area (Å²) in [6, 6.07) is 10.5. The monoisotopic (exact) mass is 284 g/mol. The summed E-state index contributed by atoms with van der Waals surface area (Å²) < 4.78 is 11.8. The molecule has 0 unspecified atom stereocenters. The largest absolute Gasteiger partial charge is 0.497 e. The fourth-order valence-electron chi connectivity index (χ4n) is 1.99. The van der Waals surface area contributed by atoms with Crippen LogP contribution in [0.15, 0.2) is 53.3 Å². The second-order valence-corrected chi connectivity index (χ2v) is 4.32. The average molecular weight is 284 g/mol. The van der Waals surface area contributed by atoms with Crippen LogP contribution in [0.3, 0.4) is 0 Å². The molecule has 0 fully saturated rings. The van der Waals surface area contributed by atoms with Crippen LogP contribution < -0.4 is 4.74 Å². The average Bonchev–Trinajstić information content (AvgIpc) is 3.16. The van der Waals surface area contributed by atoms with Crippen LogP contribution in [-0.4, -0.2) is 28.0 Å². The molecule has 2 heterocycles. The SMILES string of the molecule is COc1ccc(-n2cc(C(=O)O)c(-c3ccco3)n2)cc1. The van der Waals surface area contributed by atoms with Crippen molar-refractivity contribution >= 4 is 5.97 Å². The Balaban J connectivity index is 2.07. The summed E-state index contributed by atoms with van der Waals surface area (Å²) in [6.07, 6.45) is 2.94. The summed E-state index contributed by atoms with van der Waals surface area (Å²) in [7, 11) is 1.58. The number of methoxy groups -OCH3 is 1. The van der Waals surface area contributed by atoms with Crippen LogP contribution in [0.2, 0.25) is 0 Å². The minimum Gasteiger partial charge on any atom is -0.497 e. The molecule has 0 bridgehead atoms. The lowest BCUT2D eigenvalue weighted by molar-refractivity contribution is 0.0697. The van der Waals surface area contributed by atoms with Crippen molar-refractivity contribution in [3.63, 3.8) is 0 Å². The molecule has 0 radical (unpaired) electrons. The molecule has 3 rings (SSSR count). The number of carboxylic acid groups (broad SMARTS) is 1. The second kappa shape index (κ2) is 5.16. The van der Waals surface area contributed by atoms with E-state index in [0.29, 0.717) is 11.5 Å². The lowest BCUT2D eigenvalue weighted by atomic mass is 10.2. The van der Waals surface area contributed by atoms with E-state index in [4.69, 9.17) is 9.15 Å². The van der Waals surface area contributed by atoms with Crippen LogP contribution >= 0.6 is 0 Å². The summed E-state index contributed by atoms with van der Waals surface area (Å²) in [5, 5.41) is 13.6. The van der Waals surface area contributed by atoms with Crippen LogP contribution in [-0.2, 0) is 0 Å². The Labute approximate surface area is 120 Å². The summed E-state index contributed by atoms with van der Waals surface area (Å²) in [4.78, 5) is 11.3. The van der Waals surface area contributed by atoms with E-state index in [1.54, 1.807) is 43.5 Å². The molecule has 0 saturated heterocycles. The molecule has 21 heavy (non-hydrogen) atoms. The topological polar surface area (TPSA) is 77.5 Å². The first kappa shape index (κ1) is 13.0. The van der Waals surface area contributed by atoms with E-state index in [9.17, 15) is 9.90 Å². The summed E-state index contributed by atoms with van der Waals surface area (Å²) >= 11 is 0. The number of carbonyl (C=O) groups is 1. The van der Waals surface area contributed by atoms with Gasteiger partial charge >= 0.3 is 5.97 Å². The molecule has 0 amide bonds. The maximum absolute atomic E-state index is 11.3. The molecule has 0 aliphatic heterocycles. The zero-order valence-electron chi connectivity index (χ0n) is 11.2. The van der Waals surface area contributed by atoms with Gasteiger partial charge in [0.15, 0.2) is 5.76 Å². The Morgan fingerprint density at radius 2 is 2.05 bits per heavy atom. The highest BCUT2D eigenvalue weighted by Crippen LogP contribution is 2.24. The van der Waals surface area contributed by atoms with Crippen molar-refractivity contribution < 1.29 is 19.1 Å². The van der Waals surface area contributed by atoms with Gasteiger partial charge in [0.25, 0.3) is 0 Å². The molecule has 1 aromatic carbocycles. The van der Waals surface area contributed by atoms with Gasteiger partial charge in [0.2, 0.25) is 0 Å². The quantitative estimate of drug-likeness (QED) is 0.797. The number of hydrogen-bond donors (Lipinski definition) is 1. The first-order chi connectivity index (χ1) is 10.2. The Kier molecular flexibility index (Phi) is 3.19. The van der Waals surface area contributed by atoms with Crippen molar-refractivity contribution in [1.29, 1.82) is 0 Å². The third-order valence-corrected chi connectivity index (χ3v) is 3.04. The molecular weight excluding hydrogens is 272 g/mol. The molecule has 0 spiro atoms. The van der Waals surface area contributed by atoms with Gasteiger partial charge in [-0.1, -0.05) is 0 Å². The molecule has 3 aromatic rings. The molecule has 6 heteroatoms. The van der Waals surface area contributed by atoms with E-state index in [1.807, 2.05) is 0 Å². The number of aromatic nitrogens is 2. The van der Waals surface area contributed by atoms with Gasteiger partial charge in [-0.15, -0.1) is 0 Å². The first-order valence-corrected chi connectivity index (χ1v) is 6.20.